The molecule has 0 radical (unpaired) electrons. The van der Waals surface area contributed by atoms with Crippen LogP contribution in [0.3, 0.4) is 0 Å². The molecule has 0 bridgehead atoms. The average Bonchev–Trinajstić information content (AvgIpc) is 3.13. The van der Waals surface area contributed by atoms with Crippen molar-refractivity contribution in [2.24, 2.45) is 15.1 Å². The minimum atomic E-state index is -2.81. The van der Waals surface area contributed by atoms with Crippen molar-refractivity contribution >= 4 is 27.2 Å². The highest BCUT2D eigenvalue weighted by molar-refractivity contribution is 7.96. The van der Waals surface area contributed by atoms with Gasteiger partial charge in [-0.2, -0.15) is 0 Å². The number of amidine groups is 1. The van der Waals surface area contributed by atoms with Gasteiger partial charge >= 0.3 is 0 Å². The molecule has 164 valence electrons. The van der Waals surface area contributed by atoms with Crippen LogP contribution in [-0.2, 0) is 15.3 Å². The van der Waals surface area contributed by atoms with Crippen molar-refractivity contribution in [1.29, 1.82) is 0 Å². The maximum absolute atomic E-state index is 15.0. The molecular weight excluding hydrogens is 424 g/mol. The van der Waals surface area contributed by atoms with Crippen LogP contribution < -0.4 is 11.1 Å². The predicted octanol–water partition coefficient (Wildman–Crippen LogP) is 3.22. The Morgan fingerprint density at radius 2 is 1.97 bits per heavy atom. The Hall–Kier alpha value is -2.88. The van der Waals surface area contributed by atoms with E-state index in [9.17, 15) is 13.4 Å². The highest BCUT2D eigenvalue weighted by Gasteiger charge is 2.56. The van der Waals surface area contributed by atoms with Gasteiger partial charge in [-0.15, -0.1) is 0 Å². The molecule has 1 amide bonds. The van der Waals surface area contributed by atoms with E-state index in [0.717, 1.165) is 12.3 Å². The maximum Gasteiger partial charge on any atom is 0.274 e. The number of rotatable bonds is 3. The first-order valence-corrected chi connectivity index (χ1v) is 11.4. The van der Waals surface area contributed by atoms with Crippen LogP contribution in [0.1, 0.15) is 43.2 Å². The van der Waals surface area contributed by atoms with Crippen molar-refractivity contribution in [1.82, 2.24) is 4.98 Å². The van der Waals surface area contributed by atoms with Crippen LogP contribution in [0.15, 0.2) is 45.9 Å². The van der Waals surface area contributed by atoms with Gasteiger partial charge in [0.2, 0.25) is 0 Å². The highest BCUT2D eigenvalue weighted by Crippen LogP contribution is 2.48. The summed E-state index contributed by atoms with van der Waals surface area (Å²) in [6.07, 6.45) is 1.43. The van der Waals surface area contributed by atoms with Gasteiger partial charge in [0.25, 0.3) is 5.91 Å². The van der Waals surface area contributed by atoms with Crippen LogP contribution in [0.5, 0.6) is 0 Å². The molecule has 1 aromatic carbocycles. The van der Waals surface area contributed by atoms with Gasteiger partial charge < -0.3 is 11.1 Å². The van der Waals surface area contributed by atoms with E-state index in [1.54, 1.807) is 20.8 Å². The lowest BCUT2D eigenvalue weighted by Crippen LogP contribution is -2.58. The lowest BCUT2D eigenvalue weighted by molar-refractivity contribution is 0.102. The number of carbonyl (C=O) groups excluding carboxylic acids is 1. The third-order valence-electron chi connectivity index (χ3n) is 6.12. The van der Waals surface area contributed by atoms with Crippen LogP contribution in [-0.4, -0.2) is 37.5 Å². The third kappa shape index (κ3) is 3.20. The number of aromatic nitrogens is 1. The Bertz CT molecular complexity index is 1220. The molecule has 0 saturated heterocycles. The van der Waals surface area contributed by atoms with Crippen molar-refractivity contribution in [3.05, 3.63) is 59.4 Å². The minimum absolute atomic E-state index is 0.0118. The van der Waals surface area contributed by atoms with Crippen LogP contribution in [0.4, 0.5) is 14.5 Å². The summed E-state index contributed by atoms with van der Waals surface area (Å²) < 4.78 is 45.4. The monoisotopic (exact) mass is 447 g/mol. The lowest BCUT2D eigenvalue weighted by Gasteiger charge is -2.44. The van der Waals surface area contributed by atoms with E-state index < -0.39 is 42.8 Å². The molecule has 0 saturated carbocycles. The number of fused-ring (bicyclic) bond motifs is 1. The number of benzene rings is 1. The zero-order valence-corrected chi connectivity index (χ0v) is 18.2. The second kappa shape index (κ2) is 7.08. The molecule has 1 aromatic heterocycles. The summed E-state index contributed by atoms with van der Waals surface area (Å²) in [5.74, 6) is -1.53. The van der Waals surface area contributed by atoms with Gasteiger partial charge in [-0.3, -0.25) is 9.79 Å². The number of nitrogens with zero attached hydrogens (tertiary/aromatic N) is 3. The Morgan fingerprint density at radius 1 is 1.23 bits per heavy atom. The first kappa shape index (κ1) is 21.4. The summed E-state index contributed by atoms with van der Waals surface area (Å²) in [6.45, 7) is 5.59. The van der Waals surface area contributed by atoms with E-state index in [-0.39, 0.29) is 17.1 Å². The van der Waals surface area contributed by atoms with Gasteiger partial charge in [-0.1, -0.05) is 0 Å². The second-order valence-corrected chi connectivity index (χ2v) is 11.3. The van der Waals surface area contributed by atoms with Gasteiger partial charge in [0.15, 0.2) is 0 Å². The summed E-state index contributed by atoms with van der Waals surface area (Å²) in [7, 11) is -2.81. The molecule has 2 aliphatic rings. The number of pyridine rings is 1. The number of hydrogen-bond acceptors (Lipinski definition) is 6. The Morgan fingerprint density at radius 3 is 2.65 bits per heavy atom. The molecule has 3 atom stereocenters. The molecule has 3 heterocycles. The lowest BCUT2D eigenvalue weighted by atomic mass is 9.85. The Labute approximate surface area is 179 Å². The molecule has 31 heavy (non-hydrogen) atoms. The average molecular weight is 448 g/mol. The normalized spacial score (nSPS) is 28.9. The van der Waals surface area contributed by atoms with Gasteiger partial charge in [0, 0.05) is 17.8 Å². The molecule has 2 aromatic rings. The number of anilines is 1. The van der Waals surface area contributed by atoms with E-state index in [2.05, 4.69) is 19.7 Å². The smallest absolute Gasteiger partial charge is 0.274 e. The van der Waals surface area contributed by atoms with Gasteiger partial charge in [0.05, 0.1) is 21.2 Å². The number of aliphatic imine (C=N–C) groups is 1. The highest BCUT2D eigenvalue weighted by atomic mass is 32.2. The first-order chi connectivity index (χ1) is 14.5. The van der Waals surface area contributed by atoms with E-state index in [4.69, 9.17) is 5.73 Å². The maximum atomic E-state index is 15.0. The largest absolute Gasteiger partial charge is 0.386 e. The fourth-order valence-electron chi connectivity index (χ4n) is 4.20. The zero-order valence-electron chi connectivity index (χ0n) is 17.4. The van der Waals surface area contributed by atoms with Crippen LogP contribution >= 0.6 is 0 Å². The summed E-state index contributed by atoms with van der Waals surface area (Å²) in [6, 6.07) is 6.46. The van der Waals surface area contributed by atoms with Gasteiger partial charge in [-0.25, -0.2) is 22.3 Å². The standard InChI is InChI=1S/C21H23F2N5O2S/c1-20(2)19(24)28-21(3,17-8-9-26-31(17,20)30)14-10-13(5-6-15(14)23)27-18(29)16-7-4-12(22)11-25-16/h4-7,10-11,17H,8-9H2,1-3H3,(H2,24,28)(H,27,29)/t17-,21+,31?/m0/s1. The number of halogens is 2. The molecule has 0 spiro atoms. The van der Waals surface area contributed by atoms with Crippen molar-refractivity contribution in [3.8, 4) is 0 Å². The summed E-state index contributed by atoms with van der Waals surface area (Å²) in [5.41, 5.74) is 5.47. The molecule has 4 rings (SSSR count). The van der Waals surface area contributed by atoms with Gasteiger partial charge in [-0.05, 0) is 57.5 Å². The van der Waals surface area contributed by atoms with E-state index in [0.29, 0.717) is 18.7 Å². The molecule has 3 N–H and O–H groups in total. The predicted molar refractivity (Wildman–Crippen MR) is 115 cm³/mol. The number of carbonyl (C=O) groups is 1. The Kier molecular flexibility index (Phi) is 4.88. The van der Waals surface area contributed by atoms with Crippen LogP contribution in [0, 0.1) is 11.6 Å². The minimum Gasteiger partial charge on any atom is -0.386 e. The van der Waals surface area contributed by atoms with E-state index in [1.165, 1.54) is 24.3 Å². The fraction of sp³-hybridized carbons (Fsp3) is 0.381. The van der Waals surface area contributed by atoms with E-state index in [1.807, 2.05) is 0 Å². The summed E-state index contributed by atoms with van der Waals surface area (Å²) in [5, 5.41) is 2.11. The van der Waals surface area contributed by atoms with Crippen molar-refractivity contribution in [2.75, 3.05) is 11.9 Å². The molecular formula is C21H23F2N5O2S. The SMILES string of the molecule is CC1(C)C(N)=N[C@](C)(c2cc(NC(=O)c3ccc(F)cn3)ccc2F)[C@@H]2CCN=S21=O. The molecule has 7 nitrogen and oxygen atoms in total. The molecule has 2 aliphatic heterocycles. The number of nitrogens with two attached hydrogens (primary N) is 1. The second-order valence-electron chi connectivity index (χ2n) is 8.36. The van der Waals surface area contributed by atoms with Crippen molar-refractivity contribution in [2.45, 2.75) is 42.7 Å². The summed E-state index contributed by atoms with van der Waals surface area (Å²) in [4.78, 5) is 20.8. The molecule has 1 unspecified atom stereocenters. The van der Waals surface area contributed by atoms with Crippen LogP contribution in [0.25, 0.3) is 0 Å². The zero-order chi connectivity index (χ0) is 22.6. The molecule has 0 fully saturated rings. The topological polar surface area (TPSA) is 110 Å². The summed E-state index contributed by atoms with van der Waals surface area (Å²) >= 11 is 0. The van der Waals surface area contributed by atoms with Crippen molar-refractivity contribution in [3.63, 3.8) is 0 Å². The van der Waals surface area contributed by atoms with E-state index >= 15 is 4.39 Å². The fourth-order valence-corrected chi connectivity index (χ4v) is 7.36. The molecule has 0 aliphatic carbocycles. The number of nitrogens with one attached hydrogen (secondary N) is 1. The quantitative estimate of drug-likeness (QED) is 0.753. The number of hydrogen-bond donors (Lipinski definition) is 2. The molecule has 10 heteroatoms. The van der Waals surface area contributed by atoms with Crippen LogP contribution in [0.2, 0.25) is 0 Å². The third-order valence-corrected chi connectivity index (χ3v) is 9.82. The number of amides is 1. The van der Waals surface area contributed by atoms with Gasteiger partial charge in [0.1, 0.15) is 33.4 Å². The van der Waals surface area contributed by atoms with Crippen molar-refractivity contribution < 1.29 is 17.8 Å². The Balaban J connectivity index is 1.76. The first-order valence-electron chi connectivity index (χ1n) is 9.79.